The lowest BCUT2D eigenvalue weighted by Gasteiger charge is -2.30. The van der Waals surface area contributed by atoms with Crippen molar-refractivity contribution in [2.75, 3.05) is 6.54 Å². The minimum atomic E-state index is -4.58. The van der Waals surface area contributed by atoms with Crippen LogP contribution >= 0.6 is 11.6 Å². The standard InChI is InChI=1S/C12H15ClF3N3O/c1-7-3-4-19(9(20)5-7)6-8-10(12(14,15)16)17-18(2)11(8)13/h7H,3-6H2,1-2H3. The van der Waals surface area contributed by atoms with Crippen molar-refractivity contribution in [1.29, 1.82) is 0 Å². The van der Waals surface area contributed by atoms with Crippen LogP contribution in [0.15, 0.2) is 0 Å². The summed E-state index contributed by atoms with van der Waals surface area (Å²) in [6.07, 6.45) is -3.43. The highest BCUT2D eigenvalue weighted by Crippen LogP contribution is 2.35. The number of amides is 1. The Bertz CT molecular complexity index is 527. The van der Waals surface area contributed by atoms with Crippen molar-refractivity contribution in [2.24, 2.45) is 13.0 Å². The second-order valence-electron chi connectivity index (χ2n) is 5.15. The molecule has 4 nitrogen and oxygen atoms in total. The first kappa shape index (κ1) is 15.2. The maximum absolute atomic E-state index is 12.9. The van der Waals surface area contributed by atoms with Gasteiger partial charge in [0.2, 0.25) is 5.91 Å². The number of aromatic nitrogens is 2. The van der Waals surface area contributed by atoms with Crippen LogP contribution in [0.2, 0.25) is 5.15 Å². The molecule has 0 aliphatic carbocycles. The number of alkyl halides is 3. The molecule has 0 saturated carbocycles. The number of carbonyl (C=O) groups is 1. The van der Waals surface area contributed by atoms with Gasteiger partial charge in [-0.25, -0.2) is 0 Å². The molecule has 0 spiro atoms. The molecule has 0 N–H and O–H groups in total. The van der Waals surface area contributed by atoms with Crippen molar-refractivity contribution >= 4 is 17.5 Å². The summed E-state index contributed by atoms with van der Waals surface area (Å²) in [7, 11) is 1.35. The highest BCUT2D eigenvalue weighted by Gasteiger charge is 2.39. The van der Waals surface area contributed by atoms with Gasteiger partial charge in [0.1, 0.15) is 5.15 Å². The van der Waals surface area contributed by atoms with E-state index in [0.29, 0.717) is 13.0 Å². The molecule has 1 unspecified atom stereocenters. The van der Waals surface area contributed by atoms with Crippen LogP contribution in [0.3, 0.4) is 0 Å². The molecule has 1 fully saturated rings. The molecule has 2 rings (SSSR count). The number of hydrogen-bond donors (Lipinski definition) is 0. The topological polar surface area (TPSA) is 38.1 Å². The quantitative estimate of drug-likeness (QED) is 0.842. The van der Waals surface area contributed by atoms with Crippen molar-refractivity contribution < 1.29 is 18.0 Å². The Labute approximate surface area is 119 Å². The summed E-state index contributed by atoms with van der Waals surface area (Å²) in [6.45, 7) is 2.25. The van der Waals surface area contributed by atoms with E-state index in [2.05, 4.69) is 5.10 Å². The summed E-state index contributed by atoms with van der Waals surface area (Å²) in [5.41, 5.74) is -1.15. The number of carbonyl (C=O) groups excluding carboxylic acids is 1. The van der Waals surface area contributed by atoms with Gasteiger partial charge in [0.15, 0.2) is 5.69 Å². The summed E-state index contributed by atoms with van der Waals surface area (Å²) in [6, 6.07) is 0. The van der Waals surface area contributed by atoms with Crippen LogP contribution in [0, 0.1) is 5.92 Å². The summed E-state index contributed by atoms with van der Waals surface area (Å²) in [4.78, 5) is 13.3. The predicted octanol–water partition coefficient (Wildman–Crippen LogP) is 2.85. The number of aryl methyl sites for hydroxylation is 1. The molecular formula is C12H15ClF3N3O. The molecule has 1 amide bonds. The van der Waals surface area contributed by atoms with Gasteiger partial charge in [0, 0.05) is 25.6 Å². The number of nitrogens with zero attached hydrogens (tertiary/aromatic N) is 3. The van der Waals surface area contributed by atoms with E-state index in [1.807, 2.05) is 6.92 Å². The number of hydrogen-bond acceptors (Lipinski definition) is 2. The van der Waals surface area contributed by atoms with Crippen molar-refractivity contribution in [2.45, 2.75) is 32.5 Å². The van der Waals surface area contributed by atoms with Gasteiger partial charge in [-0.05, 0) is 12.3 Å². The highest BCUT2D eigenvalue weighted by molar-refractivity contribution is 6.30. The third-order valence-corrected chi connectivity index (χ3v) is 3.93. The molecule has 1 aliphatic heterocycles. The molecule has 0 aromatic carbocycles. The van der Waals surface area contributed by atoms with Crippen molar-refractivity contribution in [3.63, 3.8) is 0 Å². The fourth-order valence-electron chi connectivity index (χ4n) is 2.30. The molecule has 1 aliphatic rings. The number of likely N-dealkylation sites (tertiary alicyclic amines) is 1. The number of rotatable bonds is 2. The largest absolute Gasteiger partial charge is 0.435 e. The molecule has 20 heavy (non-hydrogen) atoms. The van der Waals surface area contributed by atoms with Gasteiger partial charge in [-0.3, -0.25) is 9.48 Å². The molecule has 0 bridgehead atoms. The van der Waals surface area contributed by atoms with Crippen LogP contribution < -0.4 is 0 Å². The Kier molecular flexibility index (Phi) is 4.00. The smallest absolute Gasteiger partial charge is 0.338 e. The predicted molar refractivity (Wildman–Crippen MR) is 67.0 cm³/mol. The Morgan fingerprint density at radius 1 is 1.45 bits per heavy atom. The Morgan fingerprint density at radius 2 is 2.10 bits per heavy atom. The zero-order chi connectivity index (χ0) is 15.1. The maximum atomic E-state index is 12.9. The summed E-state index contributed by atoms with van der Waals surface area (Å²) < 4.78 is 39.7. The van der Waals surface area contributed by atoms with Crippen LogP contribution in [0.25, 0.3) is 0 Å². The van der Waals surface area contributed by atoms with Gasteiger partial charge >= 0.3 is 6.18 Å². The Morgan fingerprint density at radius 3 is 2.65 bits per heavy atom. The van der Waals surface area contributed by atoms with Crippen LogP contribution in [0.1, 0.15) is 31.0 Å². The van der Waals surface area contributed by atoms with Crippen molar-refractivity contribution in [3.8, 4) is 0 Å². The normalized spacial score (nSPS) is 20.6. The second-order valence-corrected chi connectivity index (χ2v) is 5.51. The number of halogens is 4. The third kappa shape index (κ3) is 2.92. The van der Waals surface area contributed by atoms with E-state index in [1.54, 1.807) is 0 Å². The lowest BCUT2D eigenvalue weighted by atomic mass is 9.98. The monoisotopic (exact) mass is 309 g/mol. The Balaban J connectivity index is 2.27. The van der Waals surface area contributed by atoms with Crippen LogP contribution in [-0.2, 0) is 24.6 Å². The van der Waals surface area contributed by atoms with Crippen LogP contribution in [0.4, 0.5) is 13.2 Å². The van der Waals surface area contributed by atoms with Gasteiger partial charge in [-0.15, -0.1) is 0 Å². The van der Waals surface area contributed by atoms with Gasteiger partial charge < -0.3 is 4.90 Å². The fourth-order valence-corrected chi connectivity index (χ4v) is 2.49. The van der Waals surface area contributed by atoms with E-state index < -0.39 is 11.9 Å². The van der Waals surface area contributed by atoms with E-state index in [9.17, 15) is 18.0 Å². The summed E-state index contributed by atoms with van der Waals surface area (Å²) in [5, 5.41) is 3.33. The summed E-state index contributed by atoms with van der Waals surface area (Å²) >= 11 is 5.88. The first-order chi connectivity index (χ1) is 9.20. The second kappa shape index (κ2) is 5.27. The SMILES string of the molecule is CC1CCN(Cc2c(C(F)(F)F)nn(C)c2Cl)C(=O)C1. The third-order valence-electron chi connectivity index (χ3n) is 3.45. The van der Waals surface area contributed by atoms with Crippen molar-refractivity contribution in [3.05, 3.63) is 16.4 Å². The summed E-state index contributed by atoms with van der Waals surface area (Å²) in [5.74, 6) is 0.127. The van der Waals surface area contributed by atoms with Gasteiger partial charge in [0.25, 0.3) is 0 Å². The van der Waals surface area contributed by atoms with Gasteiger partial charge in [-0.1, -0.05) is 18.5 Å². The maximum Gasteiger partial charge on any atom is 0.435 e. The first-order valence-corrected chi connectivity index (χ1v) is 6.64. The van der Waals surface area contributed by atoms with E-state index in [1.165, 1.54) is 11.9 Å². The first-order valence-electron chi connectivity index (χ1n) is 6.26. The lowest BCUT2D eigenvalue weighted by molar-refractivity contribution is -0.143. The molecule has 1 atom stereocenters. The van der Waals surface area contributed by atoms with Gasteiger partial charge in [0.05, 0.1) is 6.54 Å². The van der Waals surface area contributed by atoms with E-state index in [0.717, 1.165) is 11.1 Å². The van der Waals surface area contributed by atoms with Crippen LogP contribution in [0.5, 0.6) is 0 Å². The minimum absolute atomic E-state index is 0.0799. The highest BCUT2D eigenvalue weighted by atomic mass is 35.5. The molecule has 8 heteroatoms. The van der Waals surface area contributed by atoms with Gasteiger partial charge in [-0.2, -0.15) is 18.3 Å². The molecule has 1 saturated heterocycles. The zero-order valence-electron chi connectivity index (χ0n) is 11.2. The lowest BCUT2D eigenvalue weighted by Crippen LogP contribution is -2.38. The minimum Gasteiger partial charge on any atom is -0.338 e. The van der Waals surface area contributed by atoms with Crippen LogP contribution in [-0.4, -0.2) is 27.1 Å². The average Bonchev–Trinajstić information content (AvgIpc) is 2.60. The number of piperidine rings is 1. The molecule has 1 aromatic heterocycles. The zero-order valence-corrected chi connectivity index (χ0v) is 11.9. The van der Waals surface area contributed by atoms with Crippen molar-refractivity contribution in [1.82, 2.24) is 14.7 Å². The van der Waals surface area contributed by atoms with E-state index >= 15 is 0 Å². The Hall–Kier alpha value is -1.24. The molecule has 1 aromatic rings. The van der Waals surface area contributed by atoms with E-state index in [4.69, 9.17) is 11.6 Å². The molecule has 2 heterocycles. The molecule has 112 valence electrons. The molecular weight excluding hydrogens is 295 g/mol. The molecule has 0 radical (unpaired) electrons. The van der Waals surface area contributed by atoms with E-state index in [-0.39, 0.29) is 29.1 Å². The average molecular weight is 310 g/mol. The fraction of sp³-hybridized carbons (Fsp3) is 0.667.